The van der Waals surface area contributed by atoms with E-state index < -0.39 is 0 Å². The first-order chi connectivity index (χ1) is 9.29. The number of rotatable bonds is 3. The molecule has 0 spiro atoms. The minimum atomic E-state index is 0.530. The van der Waals surface area contributed by atoms with Gasteiger partial charge in [0.15, 0.2) is 0 Å². The number of nitrogens with zero attached hydrogens (tertiary/aromatic N) is 3. The van der Waals surface area contributed by atoms with Gasteiger partial charge < -0.3 is 4.57 Å². The zero-order chi connectivity index (χ0) is 13.2. The van der Waals surface area contributed by atoms with E-state index in [4.69, 9.17) is 5.26 Å². The van der Waals surface area contributed by atoms with Crippen molar-refractivity contribution in [2.75, 3.05) is 0 Å². The fourth-order valence-corrected chi connectivity index (χ4v) is 3.06. The lowest BCUT2D eigenvalue weighted by Gasteiger charge is -1.94. The molecule has 4 heteroatoms. The highest BCUT2D eigenvalue weighted by Gasteiger charge is 2.11. The fourth-order valence-electron chi connectivity index (χ4n) is 2.26. The summed E-state index contributed by atoms with van der Waals surface area (Å²) in [4.78, 5) is 4.64. The largest absolute Gasteiger partial charge is 0.350 e. The third-order valence-electron chi connectivity index (χ3n) is 3.18. The Bertz CT molecular complexity index is 761. The molecule has 0 aliphatic heterocycles. The first kappa shape index (κ1) is 11.9. The van der Waals surface area contributed by atoms with Crippen molar-refractivity contribution in [1.82, 2.24) is 9.55 Å². The summed E-state index contributed by atoms with van der Waals surface area (Å²) in [6.07, 6.45) is 3.39. The van der Waals surface area contributed by atoms with Gasteiger partial charge in [0.25, 0.3) is 0 Å². The summed E-state index contributed by atoms with van der Waals surface area (Å²) < 4.78 is 2.12. The topological polar surface area (TPSA) is 41.6 Å². The Morgan fingerprint density at radius 3 is 3.05 bits per heavy atom. The molecule has 0 N–H and O–H groups in total. The molecule has 2 heterocycles. The van der Waals surface area contributed by atoms with Crippen LogP contribution in [0.25, 0.3) is 22.2 Å². The Morgan fingerprint density at radius 2 is 2.21 bits per heavy atom. The van der Waals surface area contributed by atoms with Crippen LogP contribution in [0, 0.1) is 11.3 Å². The lowest BCUT2D eigenvalue weighted by atomic mass is 10.1. The number of para-hydroxylation sites is 1. The molecular formula is C15H13N3S. The zero-order valence-electron chi connectivity index (χ0n) is 10.6. The molecule has 3 aromatic rings. The van der Waals surface area contributed by atoms with Gasteiger partial charge in [-0.25, -0.2) is 4.98 Å². The monoisotopic (exact) mass is 267 g/mol. The quantitative estimate of drug-likeness (QED) is 0.725. The maximum Gasteiger partial charge on any atom is 0.0942 e. The summed E-state index contributed by atoms with van der Waals surface area (Å²) in [5.41, 5.74) is 3.39. The maximum absolute atomic E-state index is 8.62. The number of benzene rings is 1. The maximum atomic E-state index is 8.62. The van der Waals surface area contributed by atoms with Gasteiger partial charge in [0.1, 0.15) is 0 Å². The van der Waals surface area contributed by atoms with Crippen molar-refractivity contribution in [3.63, 3.8) is 0 Å². The van der Waals surface area contributed by atoms with E-state index in [1.807, 2.05) is 6.07 Å². The zero-order valence-corrected chi connectivity index (χ0v) is 11.4. The van der Waals surface area contributed by atoms with Gasteiger partial charge >= 0.3 is 0 Å². The van der Waals surface area contributed by atoms with Crippen LogP contribution in [0.3, 0.4) is 0 Å². The highest BCUT2D eigenvalue weighted by atomic mass is 32.1. The van der Waals surface area contributed by atoms with Crippen LogP contribution in [0.4, 0.5) is 0 Å². The average molecular weight is 267 g/mol. The van der Waals surface area contributed by atoms with E-state index in [9.17, 15) is 0 Å². The molecule has 3 nitrogen and oxygen atoms in total. The Balaban J connectivity index is 2.05. The summed E-state index contributed by atoms with van der Waals surface area (Å²) >= 11 is 1.63. The molecule has 0 radical (unpaired) electrons. The van der Waals surface area contributed by atoms with E-state index in [0.29, 0.717) is 6.42 Å². The van der Waals surface area contributed by atoms with Gasteiger partial charge in [-0.05, 0) is 6.07 Å². The van der Waals surface area contributed by atoms with Crippen LogP contribution in [-0.4, -0.2) is 9.55 Å². The summed E-state index contributed by atoms with van der Waals surface area (Å²) in [5, 5.41) is 13.0. The smallest absolute Gasteiger partial charge is 0.0942 e. The van der Waals surface area contributed by atoms with Crippen LogP contribution in [0.5, 0.6) is 0 Å². The number of nitriles is 1. The van der Waals surface area contributed by atoms with Crippen LogP contribution >= 0.6 is 11.3 Å². The van der Waals surface area contributed by atoms with Crippen molar-refractivity contribution in [1.29, 1.82) is 5.26 Å². The van der Waals surface area contributed by atoms with E-state index in [1.54, 1.807) is 11.3 Å². The third-order valence-corrected chi connectivity index (χ3v) is 4.08. The normalized spacial score (nSPS) is 10.7. The predicted molar refractivity (Wildman–Crippen MR) is 78.0 cm³/mol. The van der Waals surface area contributed by atoms with Crippen LogP contribution in [-0.2, 0) is 13.5 Å². The van der Waals surface area contributed by atoms with E-state index in [0.717, 1.165) is 22.7 Å². The molecule has 0 fully saturated rings. The molecular weight excluding hydrogens is 254 g/mol. The fraction of sp³-hybridized carbons (Fsp3) is 0.200. The van der Waals surface area contributed by atoms with Crippen molar-refractivity contribution in [2.45, 2.75) is 12.8 Å². The van der Waals surface area contributed by atoms with Crippen molar-refractivity contribution >= 4 is 22.2 Å². The molecule has 0 bridgehead atoms. The highest BCUT2D eigenvalue weighted by Crippen LogP contribution is 2.30. The van der Waals surface area contributed by atoms with E-state index in [-0.39, 0.29) is 0 Å². The van der Waals surface area contributed by atoms with Crippen LogP contribution < -0.4 is 0 Å². The van der Waals surface area contributed by atoms with Gasteiger partial charge in [-0.1, -0.05) is 18.2 Å². The second-order valence-electron chi connectivity index (χ2n) is 4.46. The molecule has 19 heavy (non-hydrogen) atoms. The molecule has 0 unspecified atom stereocenters. The minimum Gasteiger partial charge on any atom is -0.350 e. The Morgan fingerprint density at radius 1 is 1.37 bits per heavy atom. The summed E-state index contributed by atoms with van der Waals surface area (Å²) in [6, 6.07) is 10.5. The van der Waals surface area contributed by atoms with Crippen molar-refractivity contribution in [2.24, 2.45) is 7.05 Å². The minimum absolute atomic E-state index is 0.530. The lowest BCUT2D eigenvalue weighted by molar-refractivity contribution is 0.967. The number of aromatic nitrogens is 2. The molecule has 0 saturated carbocycles. The summed E-state index contributed by atoms with van der Waals surface area (Å²) in [5.74, 6) is 0. The van der Waals surface area contributed by atoms with Gasteiger partial charge in [-0.15, -0.1) is 11.3 Å². The summed E-state index contributed by atoms with van der Waals surface area (Å²) in [6.45, 7) is 0. The summed E-state index contributed by atoms with van der Waals surface area (Å²) in [7, 11) is 2.05. The van der Waals surface area contributed by atoms with Crippen LogP contribution in [0.15, 0.2) is 35.8 Å². The lowest BCUT2D eigenvalue weighted by Crippen LogP contribution is -1.83. The van der Waals surface area contributed by atoms with E-state index >= 15 is 0 Å². The molecule has 2 aromatic heterocycles. The molecule has 0 atom stereocenters. The molecule has 0 saturated heterocycles. The molecule has 3 rings (SSSR count). The van der Waals surface area contributed by atoms with E-state index in [2.05, 4.69) is 52.4 Å². The molecule has 1 aromatic carbocycles. The van der Waals surface area contributed by atoms with Crippen molar-refractivity contribution in [3.8, 4) is 17.3 Å². The average Bonchev–Trinajstić information content (AvgIpc) is 3.02. The van der Waals surface area contributed by atoms with Crippen molar-refractivity contribution < 1.29 is 0 Å². The number of fused-ring (bicyclic) bond motifs is 1. The van der Waals surface area contributed by atoms with Gasteiger partial charge in [0.05, 0.1) is 16.8 Å². The van der Waals surface area contributed by atoms with Gasteiger partial charge in [0, 0.05) is 47.9 Å². The van der Waals surface area contributed by atoms with Gasteiger partial charge in [-0.2, -0.15) is 5.26 Å². The number of hydrogen-bond acceptors (Lipinski definition) is 3. The second-order valence-corrected chi connectivity index (χ2v) is 5.40. The first-order valence-corrected chi connectivity index (χ1v) is 7.03. The van der Waals surface area contributed by atoms with Crippen molar-refractivity contribution in [3.05, 3.63) is 40.8 Å². The molecule has 0 amide bonds. The Labute approximate surface area is 115 Å². The van der Waals surface area contributed by atoms with Gasteiger partial charge in [0.2, 0.25) is 0 Å². The Kier molecular flexibility index (Phi) is 3.06. The second kappa shape index (κ2) is 4.87. The number of aryl methyl sites for hydroxylation is 2. The Hall–Kier alpha value is -2.12. The highest BCUT2D eigenvalue weighted by molar-refractivity contribution is 7.09. The first-order valence-electron chi connectivity index (χ1n) is 6.15. The molecule has 0 aliphatic rings. The number of hydrogen-bond donors (Lipinski definition) is 0. The standard InChI is InChI=1S/C15H13N3S/c1-18-9-12(11-5-2-3-6-14(11)18)13-10-19-15(17-13)7-4-8-16/h2-3,5-6,9-10H,4,7H2,1H3. The van der Waals surface area contributed by atoms with Crippen LogP contribution in [0.2, 0.25) is 0 Å². The number of thiazole rings is 1. The molecule has 94 valence electrons. The van der Waals surface area contributed by atoms with Gasteiger partial charge in [-0.3, -0.25) is 0 Å². The predicted octanol–water partition coefficient (Wildman–Crippen LogP) is 3.76. The SMILES string of the molecule is Cn1cc(-c2csc(CCC#N)n2)c2ccccc21. The van der Waals surface area contributed by atoms with Crippen LogP contribution in [0.1, 0.15) is 11.4 Å². The van der Waals surface area contributed by atoms with E-state index in [1.165, 1.54) is 10.9 Å². The molecule has 0 aliphatic carbocycles. The third kappa shape index (κ3) is 2.13.